The second-order valence-electron chi connectivity index (χ2n) is 11.0. The van der Waals surface area contributed by atoms with Gasteiger partial charge in [-0.1, -0.05) is 76.2 Å². The van der Waals surface area contributed by atoms with Crippen molar-refractivity contribution in [1.82, 2.24) is 0 Å². The van der Waals surface area contributed by atoms with Crippen LogP contribution in [0, 0.1) is 58.7 Å². The van der Waals surface area contributed by atoms with E-state index in [1.807, 2.05) is 0 Å². The second-order valence-corrected chi connectivity index (χ2v) is 11.0. The lowest BCUT2D eigenvalue weighted by atomic mass is 9.59. The molecule has 23 heavy (non-hydrogen) atoms. The highest BCUT2D eigenvalue weighted by molar-refractivity contribution is 4.95. The van der Waals surface area contributed by atoms with Crippen molar-refractivity contribution in [3.63, 3.8) is 0 Å². The largest absolute Gasteiger partial charge is 0.0625 e. The minimum absolute atomic E-state index is 0.418. The minimum atomic E-state index is 0.418. The van der Waals surface area contributed by atoms with Crippen LogP contribution in [0.4, 0.5) is 0 Å². The summed E-state index contributed by atoms with van der Waals surface area (Å²) in [6.07, 6.45) is 2.89. The van der Waals surface area contributed by atoms with E-state index in [-0.39, 0.29) is 0 Å². The average Bonchev–Trinajstić information content (AvgIpc) is 2.54. The summed E-state index contributed by atoms with van der Waals surface area (Å²) in [5.41, 5.74) is 0.418. The van der Waals surface area contributed by atoms with E-state index in [1.165, 1.54) is 12.8 Å². The van der Waals surface area contributed by atoms with Gasteiger partial charge in [-0.25, -0.2) is 0 Å². The zero-order chi connectivity index (χ0) is 18.1. The lowest BCUT2D eigenvalue weighted by Crippen LogP contribution is -2.40. The zero-order valence-corrected chi connectivity index (χ0v) is 18.1. The Morgan fingerprint density at radius 1 is 0.609 bits per heavy atom. The Morgan fingerprint density at radius 3 is 1.39 bits per heavy atom. The van der Waals surface area contributed by atoms with Crippen LogP contribution in [0.5, 0.6) is 0 Å². The van der Waals surface area contributed by atoms with Gasteiger partial charge in [0.15, 0.2) is 0 Å². The molecule has 0 N–H and O–H groups in total. The highest BCUT2D eigenvalue weighted by Gasteiger charge is 2.47. The zero-order valence-electron chi connectivity index (χ0n) is 18.1. The van der Waals surface area contributed by atoms with E-state index in [0.717, 1.165) is 53.3 Å². The van der Waals surface area contributed by atoms with Gasteiger partial charge in [-0.15, -0.1) is 0 Å². The molecule has 1 aliphatic rings. The molecule has 5 unspecified atom stereocenters. The number of rotatable bonds is 4. The maximum absolute atomic E-state index is 2.50. The van der Waals surface area contributed by atoms with E-state index in [2.05, 4.69) is 76.2 Å². The topological polar surface area (TPSA) is 0 Å². The third kappa shape index (κ3) is 4.99. The van der Waals surface area contributed by atoms with Crippen LogP contribution < -0.4 is 0 Å². The maximum atomic E-state index is 2.50. The van der Waals surface area contributed by atoms with Gasteiger partial charge in [-0.3, -0.25) is 0 Å². The third-order valence-electron chi connectivity index (χ3n) is 6.99. The molecule has 0 aromatic heterocycles. The molecule has 0 radical (unpaired) electrons. The lowest BCUT2D eigenvalue weighted by molar-refractivity contribution is 0.0218. The highest BCUT2D eigenvalue weighted by Crippen LogP contribution is 2.54. The fourth-order valence-corrected chi connectivity index (χ4v) is 5.68. The lowest BCUT2D eigenvalue weighted by Gasteiger charge is -2.46. The van der Waals surface area contributed by atoms with E-state index in [1.54, 1.807) is 0 Å². The summed E-state index contributed by atoms with van der Waals surface area (Å²) in [7, 11) is 0. The molecule has 0 heterocycles. The molecule has 1 fully saturated rings. The summed E-state index contributed by atoms with van der Waals surface area (Å²) in [6, 6.07) is 0. The van der Waals surface area contributed by atoms with Gasteiger partial charge >= 0.3 is 0 Å². The molecule has 0 nitrogen and oxygen atoms in total. The van der Waals surface area contributed by atoms with Crippen molar-refractivity contribution in [2.45, 2.75) is 89.0 Å². The number of hydrogen-bond acceptors (Lipinski definition) is 0. The molecule has 1 rings (SSSR count). The molecular weight excluding hydrogens is 276 g/mol. The van der Waals surface area contributed by atoms with Gasteiger partial charge in [0.2, 0.25) is 0 Å². The summed E-state index contributed by atoms with van der Waals surface area (Å²) in [5, 5.41) is 0. The highest BCUT2D eigenvalue weighted by atomic mass is 14.5. The molecule has 0 aromatic rings. The van der Waals surface area contributed by atoms with Crippen LogP contribution in [0.15, 0.2) is 0 Å². The summed E-state index contributed by atoms with van der Waals surface area (Å²) < 4.78 is 0. The first kappa shape index (κ1) is 21.0. The smallest absolute Gasteiger partial charge is 0.0324 e. The molecule has 1 aliphatic carbocycles. The monoisotopic (exact) mass is 322 g/mol. The van der Waals surface area contributed by atoms with Gasteiger partial charge in [0, 0.05) is 0 Å². The quantitative estimate of drug-likeness (QED) is 0.469. The first-order chi connectivity index (χ1) is 10.4. The summed E-state index contributed by atoms with van der Waals surface area (Å²) in [6.45, 7) is 27.3. The van der Waals surface area contributed by atoms with Crippen molar-refractivity contribution >= 4 is 0 Å². The van der Waals surface area contributed by atoms with E-state index in [4.69, 9.17) is 0 Å². The second kappa shape index (κ2) is 7.92. The van der Waals surface area contributed by atoms with E-state index in [0.29, 0.717) is 5.41 Å². The van der Waals surface area contributed by atoms with E-state index < -0.39 is 0 Å². The average molecular weight is 323 g/mol. The van der Waals surface area contributed by atoms with Gasteiger partial charge in [-0.2, -0.15) is 0 Å². The van der Waals surface area contributed by atoms with Crippen LogP contribution in [0.1, 0.15) is 89.0 Å². The molecule has 0 bridgehead atoms. The molecule has 0 spiro atoms. The van der Waals surface area contributed by atoms with Crippen LogP contribution in [0.3, 0.4) is 0 Å². The van der Waals surface area contributed by atoms with Gasteiger partial charge < -0.3 is 0 Å². The predicted molar refractivity (Wildman–Crippen MR) is 105 cm³/mol. The van der Waals surface area contributed by atoms with Gasteiger partial charge in [-0.05, 0) is 71.5 Å². The van der Waals surface area contributed by atoms with Crippen LogP contribution >= 0.6 is 0 Å². The summed E-state index contributed by atoms with van der Waals surface area (Å²) >= 11 is 0. The standard InChI is InChI=1S/C23H46/c1-14(2)18-12-19(15(3)4)21(16(5)6)22(17(7)8)20(13-18)23(9,10)11/h14-22H,12-13H2,1-11H3. The molecular formula is C23H46. The molecule has 1 saturated carbocycles. The fourth-order valence-electron chi connectivity index (χ4n) is 5.68. The first-order valence-electron chi connectivity index (χ1n) is 10.4. The molecule has 138 valence electrons. The Bertz CT molecular complexity index is 342. The Hall–Kier alpha value is 0. The summed E-state index contributed by atoms with van der Waals surface area (Å²) in [4.78, 5) is 0. The van der Waals surface area contributed by atoms with Crippen molar-refractivity contribution in [2.24, 2.45) is 58.7 Å². The molecule has 0 saturated heterocycles. The fraction of sp³-hybridized carbons (Fsp3) is 1.00. The van der Waals surface area contributed by atoms with Crippen molar-refractivity contribution in [2.75, 3.05) is 0 Å². The molecule has 0 aromatic carbocycles. The Kier molecular flexibility index (Phi) is 7.25. The Labute approximate surface area is 148 Å². The van der Waals surface area contributed by atoms with Crippen LogP contribution in [-0.2, 0) is 0 Å². The van der Waals surface area contributed by atoms with Crippen LogP contribution in [-0.4, -0.2) is 0 Å². The van der Waals surface area contributed by atoms with Gasteiger partial charge in [0.25, 0.3) is 0 Å². The SMILES string of the molecule is CC(C)C1CC(C(C)C)C(C(C)C)C(C(C)C)C(C(C)(C)C)C1. The van der Waals surface area contributed by atoms with E-state index >= 15 is 0 Å². The molecule has 0 amide bonds. The Morgan fingerprint density at radius 2 is 1.09 bits per heavy atom. The molecule has 0 aliphatic heterocycles. The van der Waals surface area contributed by atoms with Crippen molar-refractivity contribution < 1.29 is 0 Å². The van der Waals surface area contributed by atoms with Crippen molar-refractivity contribution in [1.29, 1.82) is 0 Å². The normalized spacial score (nSPS) is 33.8. The molecule has 0 heteroatoms. The van der Waals surface area contributed by atoms with Gasteiger partial charge in [0.05, 0.1) is 0 Å². The van der Waals surface area contributed by atoms with Gasteiger partial charge in [0.1, 0.15) is 0 Å². The van der Waals surface area contributed by atoms with Crippen LogP contribution in [0.25, 0.3) is 0 Å². The predicted octanol–water partition coefficient (Wildman–Crippen LogP) is 7.53. The number of hydrogen-bond donors (Lipinski definition) is 0. The maximum Gasteiger partial charge on any atom is -0.0324 e. The van der Waals surface area contributed by atoms with Crippen molar-refractivity contribution in [3.05, 3.63) is 0 Å². The summed E-state index contributed by atoms with van der Waals surface area (Å²) in [5.74, 6) is 7.60. The molecule has 5 atom stereocenters. The third-order valence-corrected chi connectivity index (χ3v) is 6.99. The van der Waals surface area contributed by atoms with Crippen LogP contribution in [0.2, 0.25) is 0 Å². The van der Waals surface area contributed by atoms with E-state index in [9.17, 15) is 0 Å². The first-order valence-corrected chi connectivity index (χ1v) is 10.4. The van der Waals surface area contributed by atoms with Crippen molar-refractivity contribution in [3.8, 4) is 0 Å². The minimum Gasteiger partial charge on any atom is -0.0625 e. The Balaban J connectivity index is 3.41.